The van der Waals surface area contributed by atoms with Gasteiger partial charge in [-0.3, -0.25) is 28.8 Å². The summed E-state index contributed by atoms with van der Waals surface area (Å²) in [7, 11) is 0. The minimum Gasteiger partial charge on any atom is -0.342 e. The molecule has 3 aliphatic heterocycles. The third kappa shape index (κ3) is 9.93. The van der Waals surface area contributed by atoms with Crippen LogP contribution in [0.5, 0.6) is 0 Å². The fourth-order valence-electron chi connectivity index (χ4n) is 9.27. The Bertz CT molecular complexity index is 1280. The molecule has 3 saturated heterocycles. The number of Topliss-reactive ketones (excluding diaryl/α,β-unsaturated/α-hetero) is 4. The van der Waals surface area contributed by atoms with Crippen LogP contribution in [0.2, 0.25) is 0 Å². The van der Waals surface area contributed by atoms with E-state index in [-0.39, 0.29) is 82.4 Å². The number of nitrogens with zero attached hydrogens (tertiary/aromatic N) is 2. The van der Waals surface area contributed by atoms with Gasteiger partial charge in [-0.15, -0.1) is 0 Å². The van der Waals surface area contributed by atoms with Crippen molar-refractivity contribution < 1.29 is 28.8 Å². The first-order valence-electron chi connectivity index (χ1n) is 20.1. The summed E-state index contributed by atoms with van der Waals surface area (Å²) in [6.45, 7) is 18.6. The molecule has 0 spiro atoms. The van der Waals surface area contributed by atoms with E-state index in [0.29, 0.717) is 51.7 Å². The molecule has 4 rings (SSSR count). The first-order chi connectivity index (χ1) is 23.4. The van der Waals surface area contributed by atoms with E-state index in [4.69, 9.17) is 0 Å². The number of fused-ring (bicyclic) bond motifs is 3. The number of hydrogen-bond acceptors (Lipinski definition) is 6. The molecule has 2 amide bonds. The van der Waals surface area contributed by atoms with Crippen molar-refractivity contribution in [3.05, 3.63) is 0 Å². The molecule has 3 heterocycles. The lowest BCUT2D eigenvalue weighted by Crippen LogP contribution is -2.49. The molecule has 0 unspecified atom stereocenters. The van der Waals surface area contributed by atoms with Crippen molar-refractivity contribution in [2.24, 2.45) is 45.8 Å². The van der Waals surface area contributed by atoms with Gasteiger partial charge in [-0.2, -0.15) is 0 Å². The van der Waals surface area contributed by atoms with Crippen molar-refractivity contribution in [1.82, 2.24) is 9.80 Å². The van der Waals surface area contributed by atoms with Crippen LogP contribution >= 0.6 is 0 Å². The fourth-order valence-corrected chi connectivity index (χ4v) is 9.27. The Morgan fingerprint density at radius 2 is 1.52 bits per heavy atom. The van der Waals surface area contributed by atoms with E-state index in [1.807, 2.05) is 11.8 Å². The van der Waals surface area contributed by atoms with E-state index in [2.05, 4.69) is 48.5 Å². The number of piperidine rings is 2. The van der Waals surface area contributed by atoms with E-state index < -0.39 is 23.7 Å². The predicted octanol–water partition coefficient (Wildman–Crippen LogP) is 7.78. The van der Waals surface area contributed by atoms with Gasteiger partial charge in [-0.25, -0.2) is 0 Å². The number of carbonyl (C=O) groups is 6. The number of ketones is 4. The minimum absolute atomic E-state index is 0.00126. The summed E-state index contributed by atoms with van der Waals surface area (Å²) in [5, 5.41) is 0. The molecule has 8 heteroatoms. The molecule has 0 bridgehead atoms. The molecule has 0 aromatic carbocycles. The fraction of sp³-hybridized carbons (Fsp3) is 0.857. The maximum absolute atomic E-state index is 14.5. The lowest BCUT2D eigenvalue weighted by Gasteiger charge is -2.41. The average Bonchev–Trinajstić information content (AvgIpc) is 3.32. The molecule has 4 aliphatic rings. The molecule has 6 atom stereocenters. The number of hydrogen-bond donors (Lipinski definition) is 0. The Balaban J connectivity index is 1.54. The molecular weight excluding hydrogens is 628 g/mol. The Labute approximate surface area is 302 Å². The first kappa shape index (κ1) is 40.4. The summed E-state index contributed by atoms with van der Waals surface area (Å²) < 4.78 is 0. The smallest absolute Gasteiger partial charge is 0.226 e. The summed E-state index contributed by atoms with van der Waals surface area (Å²) in [5.74, 6) is -1.70. The van der Waals surface area contributed by atoms with Crippen LogP contribution < -0.4 is 0 Å². The zero-order chi connectivity index (χ0) is 37.0. The van der Waals surface area contributed by atoms with Gasteiger partial charge in [0.2, 0.25) is 17.6 Å². The summed E-state index contributed by atoms with van der Waals surface area (Å²) >= 11 is 0. The van der Waals surface area contributed by atoms with Crippen molar-refractivity contribution in [1.29, 1.82) is 0 Å². The third-order valence-electron chi connectivity index (χ3n) is 13.0. The van der Waals surface area contributed by atoms with Gasteiger partial charge in [0.1, 0.15) is 5.78 Å². The third-order valence-corrected chi connectivity index (χ3v) is 13.0. The monoisotopic (exact) mass is 697 g/mol. The second-order valence-electron chi connectivity index (χ2n) is 19.0. The van der Waals surface area contributed by atoms with Gasteiger partial charge in [0, 0.05) is 63.6 Å². The zero-order valence-corrected chi connectivity index (χ0v) is 32.7. The maximum atomic E-state index is 14.5. The number of likely N-dealkylation sites (tertiary alicyclic amines) is 1. The number of amides is 2. The van der Waals surface area contributed by atoms with E-state index in [0.717, 1.165) is 51.4 Å². The molecule has 0 aromatic rings. The largest absolute Gasteiger partial charge is 0.342 e. The van der Waals surface area contributed by atoms with Gasteiger partial charge in [0.25, 0.3) is 0 Å². The van der Waals surface area contributed by atoms with Crippen LogP contribution in [0.4, 0.5) is 0 Å². The minimum atomic E-state index is -0.628. The van der Waals surface area contributed by atoms with Gasteiger partial charge in [0.15, 0.2) is 11.6 Å². The molecule has 282 valence electrons. The van der Waals surface area contributed by atoms with E-state index in [1.54, 1.807) is 4.90 Å². The normalized spacial score (nSPS) is 30.0. The molecule has 0 aromatic heterocycles. The van der Waals surface area contributed by atoms with Crippen molar-refractivity contribution in [3.8, 4) is 0 Å². The Morgan fingerprint density at radius 3 is 2.12 bits per heavy atom. The molecule has 4 fully saturated rings. The van der Waals surface area contributed by atoms with Crippen molar-refractivity contribution in [3.63, 3.8) is 0 Å². The van der Waals surface area contributed by atoms with Gasteiger partial charge in [-0.1, -0.05) is 100 Å². The molecule has 8 nitrogen and oxygen atoms in total. The second-order valence-corrected chi connectivity index (χ2v) is 19.0. The van der Waals surface area contributed by atoms with Crippen LogP contribution in [-0.2, 0) is 28.8 Å². The Morgan fingerprint density at radius 1 is 0.900 bits per heavy atom. The van der Waals surface area contributed by atoms with E-state index >= 15 is 0 Å². The topological polar surface area (TPSA) is 109 Å². The van der Waals surface area contributed by atoms with Gasteiger partial charge in [-0.05, 0) is 59.7 Å². The highest BCUT2D eigenvalue weighted by Crippen LogP contribution is 2.65. The van der Waals surface area contributed by atoms with Crippen LogP contribution in [0.15, 0.2) is 0 Å². The lowest BCUT2D eigenvalue weighted by atomic mass is 9.75. The summed E-state index contributed by atoms with van der Waals surface area (Å²) in [6.07, 6.45) is 10.7. The van der Waals surface area contributed by atoms with Crippen molar-refractivity contribution in [2.75, 3.05) is 19.6 Å². The maximum Gasteiger partial charge on any atom is 0.226 e. The highest BCUT2D eigenvalue weighted by atomic mass is 16.2. The van der Waals surface area contributed by atoms with Crippen LogP contribution in [0.3, 0.4) is 0 Å². The average molecular weight is 697 g/mol. The van der Waals surface area contributed by atoms with Gasteiger partial charge in [0.05, 0.1) is 6.04 Å². The molecule has 50 heavy (non-hydrogen) atoms. The Hall–Kier alpha value is -2.38. The van der Waals surface area contributed by atoms with Gasteiger partial charge >= 0.3 is 0 Å². The van der Waals surface area contributed by atoms with Crippen LogP contribution in [0.25, 0.3) is 0 Å². The quantitative estimate of drug-likeness (QED) is 0.216. The summed E-state index contributed by atoms with van der Waals surface area (Å²) in [6, 6.07) is -0.610. The van der Waals surface area contributed by atoms with Crippen molar-refractivity contribution >= 4 is 34.9 Å². The lowest BCUT2D eigenvalue weighted by molar-refractivity contribution is -0.146. The van der Waals surface area contributed by atoms with E-state index in [9.17, 15) is 28.8 Å². The second kappa shape index (κ2) is 16.5. The van der Waals surface area contributed by atoms with Crippen LogP contribution in [0.1, 0.15) is 158 Å². The molecule has 1 aliphatic carbocycles. The van der Waals surface area contributed by atoms with Gasteiger partial charge < -0.3 is 9.80 Å². The summed E-state index contributed by atoms with van der Waals surface area (Å²) in [5.41, 5.74) is -0.264. The number of carbonyl (C=O) groups excluding carboxylic acids is 6. The number of rotatable bonds is 10. The molecule has 0 N–H and O–H groups in total. The zero-order valence-electron chi connectivity index (χ0n) is 32.7. The highest BCUT2D eigenvalue weighted by molar-refractivity contribution is 6.38. The molecule has 0 radical (unpaired) electrons. The Kier molecular flexibility index (Phi) is 13.4. The first-order valence-corrected chi connectivity index (χ1v) is 20.1. The highest BCUT2D eigenvalue weighted by Gasteiger charge is 2.69. The molecular formula is C42H68N2O6. The molecule has 1 saturated carbocycles. The predicted molar refractivity (Wildman–Crippen MR) is 196 cm³/mol. The van der Waals surface area contributed by atoms with Crippen LogP contribution in [0, 0.1) is 45.8 Å². The van der Waals surface area contributed by atoms with E-state index in [1.165, 1.54) is 0 Å². The SMILES string of the molecule is CCCC(=O)C(=O)[C@@H]1CCCCCCCCC[C@H](CC(=O)C[C@H](CN2CCC(C)(C)CC2=O)C(C)(C)C)C(=O)N2C[C@H]3[C@@H]([C@H]2C(=O)C1)C3(C)C. The standard InChI is InChI=1S/C42H68N2O6/c1-9-17-33(46)38(49)28-18-15-13-11-10-12-14-16-19-29(39(50)44-27-32-36(42(32,7)8)37(44)34(47)23-28)22-31(45)24-30(40(2,3)4)26-43-21-20-41(5,6)25-35(43)48/h28-30,32,36-37H,9-27H2,1-8H3/t28-,29-,30-,32+,36+,37-/m1/s1. The van der Waals surface area contributed by atoms with Crippen molar-refractivity contribution in [2.45, 2.75) is 164 Å². The van der Waals surface area contributed by atoms with Crippen LogP contribution in [-0.4, -0.2) is 70.4 Å². The summed E-state index contributed by atoms with van der Waals surface area (Å²) in [4.78, 5) is 85.5.